The highest BCUT2D eigenvalue weighted by molar-refractivity contribution is 6.33. The molecule has 0 bridgehead atoms. The molecule has 0 aliphatic carbocycles. The SMILES string of the molecule is CC(C)(O)C(=O)NN=Cc1c(F)cccc1Cl. The molecule has 0 spiro atoms. The number of rotatable bonds is 3. The molecule has 0 aliphatic heterocycles. The van der Waals surface area contributed by atoms with Gasteiger partial charge in [-0.3, -0.25) is 4.79 Å². The van der Waals surface area contributed by atoms with Crippen LogP contribution in [0.25, 0.3) is 0 Å². The zero-order chi connectivity index (χ0) is 13.1. The van der Waals surface area contributed by atoms with Crippen molar-refractivity contribution in [3.63, 3.8) is 0 Å². The van der Waals surface area contributed by atoms with Gasteiger partial charge in [-0.25, -0.2) is 9.82 Å². The van der Waals surface area contributed by atoms with E-state index in [1.807, 2.05) is 0 Å². The van der Waals surface area contributed by atoms with E-state index in [1.165, 1.54) is 32.0 Å². The molecule has 1 aromatic rings. The Kier molecular flexibility index (Phi) is 4.20. The third-order valence-corrected chi connectivity index (χ3v) is 2.24. The molecule has 0 saturated carbocycles. The first-order valence-corrected chi connectivity index (χ1v) is 5.20. The minimum Gasteiger partial charge on any atom is -0.381 e. The third kappa shape index (κ3) is 3.80. The number of amides is 1. The van der Waals surface area contributed by atoms with E-state index in [9.17, 15) is 14.3 Å². The number of halogens is 2. The molecule has 0 atom stereocenters. The van der Waals surface area contributed by atoms with Gasteiger partial charge in [-0.15, -0.1) is 0 Å². The molecule has 0 radical (unpaired) electrons. The number of aliphatic hydroxyl groups is 1. The Morgan fingerprint density at radius 3 is 2.76 bits per heavy atom. The van der Waals surface area contributed by atoms with E-state index >= 15 is 0 Å². The van der Waals surface area contributed by atoms with Crippen LogP contribution < -0.4 is 5.43 Å². The van der Waals surface area contributed by atoms with Crippen molar-refractivity contribution >= 4 is 23.7 Å². The highest BCUT2D eigenvalue weighted by Gasteiger charge is 2.22. The van der Waals surface area contributed by atoms with Crippen LogP contribution in [-0.4, -0.2) is 22.8 Å². The first-order chi connectivity index (χ1) is 7.82. The van der Waals surface area contributed by atoms with Crippen molar-refractivity contribution < 1.29 is 14.3 Å². The Bertz CT molecular complexity index is 435. The summed E-state index contributed by atoms with van der Waals surface area (Å²) in [5, 5.41) is 13.0. The molecule has 1 rings (SSSR count). The van der Waals surface area contributed by atoms with Crippen molar-refractivity contribution in [3.05, 3.63) is 34.6 Å². The molecule has 0 saturated heterocycles. The Morgan fingerprint density at radius 2 is 2.24 bits per heavy atom. The van der Waals surface area contributed by atoms with E-state index in [0.29, 0.717) is 0 Å². The maximum absolute atomic E-state index is 13.3. The third-order valence-electron chi connectivity index (χ3n) is 1.92. The zero-order valence-electron chi connectivity index (χ0n) is 9.37. The molecule has 0 unspecified atom stereocenters. The number of nitrogens with one attached hydrogen (secondary N) is 1. The van der Waals surface area contributed by atoms with Crippen LogP contribution in [-0.2, 0) is 4.79 Å². The van der Waals surface area contributed by atoms with E-state index in [0.717, 1.165) is 6.21 Å². The number of nitrogens with zero attached hydrogens (tertiary/aromatic N) is 1. The number of hydrazone groups is 1. The lowest BCUT2D eigenvalue weighted by atomic mass is 10.1. The summed E-state index contributed by atoms with van der Waals surface area (Å²) in [6.45, 7) is 2.63. The predicted octanol–water partition coefficient (Wildman–Crippen LogP) is 1.70. The van der Waals surface area contributed by atoms with E-state index in [4.69, 9.17) is 11.6 Å². The molecule has 1 amide bonds. The molecule has 6 heteroatoms. The second kappa shape index (κ2) is 5.25. The average molecular weight is 259 g/mol. The molecule has 2 N–H and O–H groups in total. The van der Waals surface area contributed by atoms with Gasteiger partial charge in [0.05, 0.1) is 11.2 Å². The molecule has 0 heterocycles. The maximum atomic E-state index is 13.3. The lowest BCUT2D eigenvalue weighted by molar-refractivity contribution is -0.136. The molecular formula is C11H12ClFN2O2. The fraction of sp³-hybridized carbons (Fsp3) is 0.273. The fourth-order valence-electron chi connectivity index (χ4n) is 0.926. The van der Waals surface area contributed by atoms with Crippen LogP contribution >= 0.6 is 11.6 Å². The van der Waals surface area contributed by atoms with Crippen molar-refractivity contribution in [1.29, 1.82) is 0 Å². The van der Waals surface area contributed by atoms with Crippen LogP contribution in [0.1, 0.15) is 19.4 Å². The second-order valence-electron chi connectivity index (χ2n) is 3.89. The molecule has 0 aromatic heterocycles. The number of hydrogen-bond donors (Lipinski definition) is 2. The van der Waals surface area contributed by atoms with Crippen LogP contribution in [0.15, 0.2) is 23.3 Å². The first kappa shape index (κ1) is 13.6. The number of carbonyl (C=O) groups is 1. The topological polar surface area (TPSA) is 61.7 Å². The molecule has 17 heavy (non-hydrogen) atoms. The highest BCUT2D eigenvalue weighted by atomic mass is 35.5. The van der Waals surface area contributed by atoms with Crippen LogP contribution in [0, 0.1) is 5.82 Å². The first-order valence-electron chi connectivity index (χ1n) is 4.82. The Hall–Kier alpha value is -1.46. The molecule has 4 nitrogen and oxygen atoms in total. The Morgan fingerprint density at radius 1 is 1.59 bits per heavy atom. The summed E-state index contributed by atoms with van der Waals surface area (Å²) in [6, 6.07) is 4.19. The van der Waals surface area contributed by atoms with Crippen LogP contribution in [0.4, 0.5) is 4.39 Å². The van der Waals surface area contributed by atoms with Gasteiger partial charge >= 0.3 is 0 Å². The lowest BCUT2D eigenvalue weighted by Crippen LogP contribution is -2.39. The van der Waals surface area contributed by atoms with Gasteiger partial charge in [-0.1, -0.05) is 17.7 Å². The van der Waals surface area contributed by atoms with Gasteiger partial charge in [0.15, 0.2) is 0 Å². The second-order valence-corrected chi connectivity index (χ2v) is 4.30. The van der Waals surface area contributed by atoms with Gasteiger partial charge < -0.3 is 5.11 Å². The molecule has 0 fully saturated rings. The lowest BCUT2D eigenvalue weighted by Gasteiger charge is -2.13. The van der Waals surface area contributed by atoms with Crippen molar-refractivity contribution in [2.24, 2.45) is 5.10 Å². The van der Waals surface area contributed by atoms with Gasteiger partial charge in [0, 0.05) is 5.56 Å². The van der Waals surface area contributed by atoms with Gasteiger partial charge in [-0.05, 0) is 26.0 Å². The van der Waals surface area contributed by atoms with Crippen molar-refractivity contribution in [3.8, 4) is 0 Å². The summed E-state index contributed by atoms with van der Waals surface area (Å²) in [7, 11) is 0. The summed E-state index contributed by atoms with van der Waals surface area (Å²) in [5.74, 6) is -1.24. The monoisotopic (exact) mass is 258 g/mol. The molecule has 1 aromatic carbocycles. The Labute approximate surface area is 103 Å². The van der Waals surface area contributed by atoms with Crippen LogP contribution in [0.5, 0.6) is 0 Å². The van der Waals surface area contributed by atoms with Gasteiger partial charge in [0.1, 0.15) is 11.4 Å². The summed E-state index contributed by atoms with van der Waals surface area (Å²) in [4.78, 5) is 11.2. The van der Waals surface area contributed by atoms with E-state index in [1.54, 1.807) is 0 Å². The van der Waals surface area contributed by atoms with Crippen LogP contribution in [0.3, 0.4) is 0 Å². The largest absolute Gasteiger partial charge is 0.381 e. The quantitative estimate of drug-likeness (QED) is 0.640. The number of hydrogen-bond acceptors (Lipinski definition) is 3. The van der Waals surface area contributed by atoms with E-state index in [2.05, 4.69) is 10.5 Å². The molecular weight excluding hydrogens is 247 g/mol. The van der Waals surface area contributed by atoms with Gasteiger partial charge in [0.2, 0.25) is 0 Å². The number of carbonyl (C=O) groups excluding carboxylic acids is 1. The predicted molar refractivity (Wildman–Crippen MR) is 63.4 cm³/mol. The van der Waals surface area contributed by atoms with E-state index in [-0.39, 0.29) is 10.6 Å². The van der Waals surface area contributed by atoms with Crippen molar-refractivity contribution in [1.82, 2.24) is 5.43 Å². The average Bonchev–Trinajstić information content (AvgIpc) is 2.20. The van der Waals surface area contributed by atoms with Crippen molar-refractivity contribution in [2.75, 3.05) is 0 Å². The fourth-order valence-corrected chi connectivity index (χ4v) is 1.14. The Balaban J connectivity index is 2.76. The summed E-state index contributed by atoms with van der Waals surface area (Å²) >= 11 is 5.74. The van der Waals surface area contributed by atoms with Gasteiger partial charge in [-0.2, -0.15) is 5.10 Å². The maximum Gasteiger partial charge on any atom is 0.271 e. The summed E-state index contributed by atoms with van der Waals surface area (Å²) in [6.07, 6.45) is 1.08. The zero-order valence-corrected chi connectivity index (χ0v) is 10.1. The minimum atomic E-state index is -1.55. The molecule has 0 aliphatic rings. The molecule has 92 valence electrons. The summed E-state index contributed by atoms with van der Waals surface area (Å²) in [5.41, 5.74) is 0.610. The van der Waals surface area contributed by atoms with Crippen LogP contribution in [0.2, 0.25) is 5.02 Å². The van der Waals surface area contributed by atoms with E-state index < -0.39 is 17.3 Å². The van der Waals surface area contributed by atoms with Crippen molar-refractivity contribution in [2.45, 2.75) is 19.4 Å². The smallest absolute Gasteiger partial charge is 0.271 e. The summed E-state index contributed by atoms with van der Waals surface area (Å²) < 4.78 is 13.3. The standard InChI is InChI=1S/C11H12ClFN2O2/c1-11(2,17)10(16)15-14-6-7-8(12)4-3-5-9(7)13/h3-6,17H,1-2H3,(H,15,16). The normalized spacial score (nSPS) is 11.8. The van der Waals surface area contributed by atoms with Gasteiger partial charge in [0.25, 0.3) is 5.91 Å². The highest BCUT2D eigenvalue weighted by Crippen LogP contribution is 2.16. The number of benzene rings is 1. The minimum absolute atomic E-state index is 0.0743.